The van der Waals surface area contributed by atoms with Gasteiger partial charge in [0.2, 0.25) is 11.1 Å². The molecule has 0 unspecified atom stereocenters. The van der Waals surface area contributed by atoms with Crippen LogP contribution >= 0.6 is 11.8 Å². The van der Waals surface area contributed by atoms with E-state index < -0.39 is 15.6 Å². The summed E-state index contributed by atoms with van der Waals surface area (Å²) in [6.45, 7) is 4.86. The highest BCUT2D eigenvalue weighted by Crippen LogP contribution is 2.42. The van der Waals surface area contributed by atoms with Crippen molar-refractivity contribution in [2.45, 2.75) is 29.1 Å². The van der Waals surface area contributed by atoms with Gasteiger partial charge in [-0.1, -0.05) is 30.0 Å². The summed E-state index contributed by atoms with van der Waals surface area (Å²) in [6, 6.07) is 13.6. The number of benzene rings is 2. The first-order valence-electron chi connectivity index (χ1n) is 8.07. The zero-order valence-corrected chi connectivity index (χ0v) is 17.0. The zero-order valence-electron chi connectivity index (χ0n) is 15.3. The third-order valence-electron chi connectivity index (χ3n) is 2.99. The van der Waals surface area contributed by atoms with E-state index in [0.29, 0.717) is 30.4 Å². The van der Waals surface area contributed by atoms with Crippen molar-refractivity contribution < 1.29 is 35.6 Å². The van der Waals surface area contributed by atoms with Gasteiger partial charge in [0, 0.05) is 11.0 Å². The summed E-state index contributed by atoms with van der Waals surface area (Å²) in [4.78, 5) is 5.30. The largest absolute Gasteiger partial charge is 0.741 e. The van der Waals surface area contributed by atoms with Crippen molar-refractivity contribution in [3.8, 4) is 11.5 Å². The van der Waals surface area contributed by atoms with Crippen molar-refractivity contribution in [3.05, 3.63) is 47.4 Å². The zero-order chi connectivity index (χ0) is 22.1. The maximum atomic E-state index is 10.7. The van der Waals surface area contributed by atoms with Crippen LogP contribution in [0.3, 0.4) is 0 Å². The molecule has 7 nitrogen and oxygen atoms in total. The summed E-state index contributed by atoms with van der Waals surface area (Å²) < 4.78 is 70.1. The Bertz CT molecular complexity index is 946. The summed E-state index contributed by atoms with van der Waals surface area (Å²) in [7, 11) is -6.09. The molecular weight excluding hydrogens is 433 g/mol. The van der Waals surface area contributed by atoms with Crippen LogP contribution in [0.4, 0.5) is 18.9 Å². The molecule has 2 aromatic carbocycles. The second-order valence-electron chi connectivity index (χ2n) is 5.05. The molecule has 0 bridgehead atoms. The Kier molecular flexibility index (Phi) is 9.22. The Morgan fingerprint density at radius 3 is 2.03 bits per heavy atom. The van der Waals surface area contributed by atoms with Gasteiger partial charge in [-0.2, -0.15) is 13.2 Å². The SMILES string of the molecule is CCOc1cc(Sc2ccccc2)c(OCC)cc1[N+]#N.O=S(=O)([O-])C(F)(F)F. The van der Waals surface area contributed by atoms with Crippen LogP contribution in [-0.4, -0.2) is 31.7 Å². The topological polar surface area (TPSA) is 104 Å². The number of halogens is 3. The number of diazo groups is 1. The van der Waals surface area contributed by atoms with Crippen LogP contribution < -0.4 is 9.47 Å². The maximum absolute atomic E-state index is 10.7. The van der Waals surface area contributed by atoms with Crippen LogP contribution in [0.25, 0.3) is 4.98 Å². The summed E-state index contributed by atoms with van der Waals surface area (Å²) in [5.41, 5.74) is -5.27. The highest BCUT2D eigenvalue weighted by Gasteiger charge is 2.36. The van der Waals surface area contributed by atoms with Gasteiger partial charge in [0.15, 0.2) is 15.1 Å². The van der Waals surface area contributed by atoms with Crippen LogP contribution in [0.15, 0.2) is 52.3 Å². The van der Waals surface area contributed by atoms with Gasteiger partial charge < -0.3 is 14.0 Å². The first-order valence-corrected chi connectivity index (χ1v) is 10.3. The molecule has 2 rings (SSSR count). The molecule has 0 amide bonds. The van der Waals surface area contributed by atoms with E-state index in [1.165, 1.54) is 0 Å². The van der Waals surface area contributed by atoms with Gasteiger partial charge in [-0.3, -0.25) is 0 Å². The van der Waals surface area contributed by atoms with E-state index in [9.17, 15) is 13.2 Å². The Morgan fingerprint density at radius 1 is 1.07 bits per heavy atom. The monoisotopic (exact) mass is 450 g/mol. The van der Waals surface area contributed by atoms with E-state index in [-0.39, 0.29) is 0 Å². The second kappa shape index (κ2) is 10.9. The molecule has 0 spiro atoms. The number of hydrogen-bond acceptors (Lipinski definition) is 7. The van der Waals surface area contributed by atoms with E-state index in [1.54, 1.807) is 17.8 Å². The number of hydrogen-bond donors (Lipinski definition) is 0. The molecule has 0 aromatic heterocycles. The third kappa shape index (κ3) is 7.80. The fourth-order valence-corrected chi connectivity index (χ4v) is 2.77. The van der Waals surface area contributed by atoms with Gasteiger partial charge in [-0.15, -0.1) is 0 Å². The highest BCUT2D eigenvalue weighted by molar-refractivity contribution is 7.99. The van der Waals surface area contributed by atoms with Gasteiger partial charge in [0.1, 0.15) is 5.75 Å². The lowest BCUT2D eigenvalue weighted by molar-refractivity contribution is -0.0517. The van der Waals surface area contributed by atoms with Crippen molar-refractivity contribution in [1.82, 2.24) is 0 Å². The highest BCUT2D eigenvalue weighted by atomic mass is 32.2. The van der Waals surface area contributed by atoms with Gasteiger partial charge >= 0.3 is 11.2 Å². The molecule has 0 atom stereocenters. The fraction of sp³-hybridized carbons (Fsp3) is 0.294. The summed E-state index contributed by atoms with van der Waals surface area (Å²) >= 11 is 1.59. The molecule has 2 aromatic rings. The lowest BCUT2D eigenvalue weighted by atomic mass is 10.3. The normalized spacial score (nSPS) is 11.1. The Balaban J connectivity index is 0.000000447. The summed E-state index contributed by atoms with van der Waals surface area (Å²) in [6.07, 6.45) is 0. The molecule has 158 valence electrons. The molecule has 0 aliphatic rings. The minimum absolute atomic E-state index is 0.373. The Hall–Kier alpha value is -2.49. The summed E-state index contributed by atoms with van der Waals surface area (Å²) in [5, 5.41) is 9.10. The molecule has 0 fully saturated rings. The smallest absolute Gasteiger partial charge is 0.485 e. The Labute approximate surface area is 170 Å². The quantitative estimate of drug-likeness (QED) is 0.340. The minimum atomic E-state index is -6.09. The number of ether oxygens (including phenoxy) is 2. The lowest BCUT2D eigenvalue weighted by Gasteiger charge is -2.10. The van der Waals surface area contributed by atoms with Crippen LogP contribution in [0.1, 0.15) is 13.8 Å². The van der Waals surface area contributed by atoms with Gasteiger partial charge in [0.05, 0.1) is 24.2 Å². The second-order valence-corrected chi connectivity index (χ2v) is 7.53. The molecular formula is C17H17F3N2O5S2. The minimum Gasteiger partial charge on any atom is -0.741 e. The standard InChI is InChI=1S/C16H17N2O2S.CHF3O3S/c1-3-19-14-11-16(21-12-8-6-5-7-9-12)15(20-4-2)10-13(14)18-17;2-1(3,4)8(5,6)7/h5-11H,3-4H2,1-2H3;(H,5,6,7)/q+1;/p-1. The van der Waals surface area contributed by atoms with Crippen LogP contribution in [0.2, 0.25) is 0 Å². The predicted octanol–water partition coefficient (Wildman–Crippen LogP) is 5.17. The number of alkyl halides is 3. The lowest BCUT2D eigenvalue weighted by Crippen LogP contribution is -2.21. The molecule has 0 saturated carbocycles. The van der Waals surface area contributed by atoms with Crippen molar-refractivity contribution in [2.24, 2.45) is 0 Å². The molecule has 0 radical (unpaired) electrons. The number of rotatable bonds is 6. The molecule has 0 aliphatic heterocycles. The van der Waals surface area contributed by atoms with E-state index in [1.807, 2.05) is 50.2 Å². The molecule has 29 heavy (non-hydrogen) atoms. The van der Waals surface area contributed by atoms with E-state index in [4.69, 9.17) is 27.8 Å². The van der Waals surface area contributed by atoms with E-state index in [2.05, 4.69) is 4.98 Å². The first kappa shape index (κ1) is 24.5. The van der Waals surface area contributed by atoms with Crippen LogP contribution in [-0.2, 0) is 10.1 Å². The van der Waals surface area contributed by atoms with Crippen molar-refractivity contribution in [3.63, 3.8) is 0 Å². The van der Waals surface area contributed by atoms with Gasteiger partial charge in [0.25, 0.3) is 0 Å². The van der Waals surface area contributed by atoms with E-state index >= 15 is 0 Å². The predicted molar refractivity (Wildman–Crippen MR) is 99.8 cm³/mol. The van der Waals surface area contributed by atoms with Gasteiger partial charge in [-0.05, 0) is 26.0 Å². The molecule has 0 heterocycles. The van der Waals surface area contributed by atoms with E-state index in [0.717, 1.165) is 9.79 Å². The third-order valence-corrected chi connectivity index (χ3v) is 4.60. The number of nitrogens with zero attached hydrogens (tertiary/aromatic N) is 2. The molecule has 0 saturated heterocycles. The van der Waals surface area contributed by atoms with Crippen LogP contribution in [0, 0.1) is 5.39 Å². The average molecular weight is 450 g/mol. The molecule has 0 N–H and O–H groups in total. The summed E-state index contributed by atoms with van der Waals surface area (Å²) in [5.74, 6) is 1.23. The Morgan fingerprint density at radius 2 is 1.59 bits per heavy atom. The fourth-order valence-electron chi connectivity index (χ4n) is 1.84. The average Bonchev–Trinajstić information content (AvgIpc) is 2.64. The first-order chi connectivity index (χ1) is 13.5. The van der Waals surface area contributed by atoms with Crippen LogP contribution in [0.5, 0.6) is 11.5 Å². The van der Waals surface area contributed by atoms with Crippen molar-refractivity contribution in [2.75, 3.05) is 13.2 Å². The van der Waals surface area contributed by atoms with Crippen molar-refractivity contribution >= 4 is 27.6 Å². The molecule has 0 aliphatic carbocycles. The molecule has 12 heteroatoms. The maximum Gasteiger partial charge on any atom is 0.485 e. The van der Waals surface area contributed by atoms with Crippen molar-refractivity contribution in [1.29, 1.82) is 5.39 Å². The van der Waals surface area contributed by atoms with Gasteiger partial charge in [-0.25, -0.2) is 8.42 Å².